The maximum absolute atomic E-state index is 13.4. The van der Waals surface area contributed by atoms with Gasteiger partial charge in [0.1, 0.15) is 11.3 Å². The van der Waals surface area contributed by atoms with E-state index in [0.717, 1.165) is 12.1 Å². The minimum absolute atomic E-state index is 0.00647. The molecule has 2 aromatic carbocycles. The van der Waals surface area contributed by atoms with Crippen LogP contribution in [0.4, 0.5) is 13.2 Å². The molecule has 0 aliphatic carbocycles. The van der Waals surface area contributed by atoms with Crippen molar-refractivity contribution in [1.29, 1.82) is 0 Å². The summed E-state index contributed by atoms with van der Waals surface area (Å²) in [6.07, 6.45) is -2.94. The summed E-state index contributed by atoms with van der Waals surface area (Å²) in [6.45, 7) is 1.74. The molecule has 10 heteroatoms. The maximum Gasteiger partial charge on any atom is 0.416 e. The number of aromatic carboxylic acids is 1. The highest BCUT2D eigenvalue weighted by atomic mass is 79.9. The van der Waals surface area contributed by atoms with Crippen LogP contribution in [0.2, 0.25) is 0 Å². The number of hydrogen-bond acceptors (Lipinski definition) is 3. The van der Waals surface area contributed by atoms with Crippen molar-refractivity contribution in [1.82, 2.24) is 14.9 Å². The zero-order valence-electron chi connectivity index (χ0n) is 18.3. The average Bonchev–Trinajstić information content (AvgIpc) is 3.10. The van der Waals surface area contributed by atoms with Gasteiger partial charge in [0.15, 0.2) is 0 Å². The molecule has 0 unspecified atom stereocenters. The highest BCUT2D eigenvalue weighted by molar-refractivity contribution is 9.10. The van der Waals surface area contributed by atoms with Gasteiger partial charge in [-0.2, -0.15) is 13.2 Å². The fourth-order valence-corrected chi connectivity index (χ4v) is 4.51. The Kier molecular flexibility index (Phi) is 6.66. The second-order valence-electron chi connectivity index (χ2n) is 7.94. The molecule has 0 aliphatic rings. The van der Waals surface area contributed by atoms with E-state index < -0.39 is 29.7 Å². The van der Waals surface area contributed by atoms with Gasteiger partial charge in [0.2, 0.25) is 0 Å². The van der Waals surface area contributed by atoms with Gasteiger partial charge in [-0.05, 0) is 70.4 Å². The lowest BCUT2D eigenvalue weighted by molar-refractivity contribution is -0.137. The fourth-order valence-electron chi connectivity index (χ4n) is 3.80. The van der Waals surface area contributed by atoms with Crippen LogP contribution in [0.25, 0.3) is 11.0 Å². The summed E-state index contributed by atoms with van der Waals surface area (Å²) in [5, 5.41) is 12.6. The van der Waals surface area contributed by atoms with E-state index in [0.29, 0.717) is 26.6 Å². The molecule has 0 saturated carbocycles. The number of rotatable bonds is 6. The lowest BCUT2D eigenvalue weighted by Crippen LogP contribution is -2.29. The van der Waals surface area contributed by atoms with E-state index in [2.05, 4.69) is 26.2 Å². The number of nitrogens with one attached hydrogen (secondary N) is 1. The van der Waals surface area contributed by atoms with Crippen LogP contribution in [0.15, 0.2) is 71.3 Å². The van der Waals surface area contributed by atoms with E-state index in [9.17, 15) is 22.8 Å². The maximum atomic E-state index is 13.4. The second-order valence-corrected chi connectivity index (χ2v) is 8.74. The minimum atomic E-state index is -4.49. The van der Waals surface area contributed by atoms with E-state index in [4.69, 9.17) is 5.11 Å². The molecular weight excluding hydrogens is 527 g/mol. The highest BCUT2D eigenvalue weighted by Gasteiger charge is 2.31. The number of carboxylic acid groups (broad SMARTS) is 1. The van der Waals surface area contributed by atoms with Crippen LogP contribution in [-0.4, -0.2) is 26.5 Å². The van der Waals surface area contributed by atoms with E-state index in [1.165, 1.54) is 18.2 Å². The van der Waals surface area contributed by atoms with Gasteiger partial charge >= 0.3 is 12.1 Å². The van der Waals surface area contributed by atoms with Crippen molar-refractivity contribution < 1.29 is 27.9 Å². The number of nitrogens with zero attached hydrogens (tertiary/aromatic N) is 2. The first-order chi connectivity index (χ1) is 16.6. The van der Waals surface area contributed by atoms with Crippen molar-refractivity contribution in [3.8, 4) is 0 Å². The van der Waals surface area contributed by atoms with Gasteiger partial charge in [0.05, 0.1) is 21.6 Å². The molecule has 0 fully saturated rings. The number of fused-ring (bicyclic) bond motifs is 1. The van der Waals surface area contributed by atoms with E-state index >= 15 is 0 Å². The van der Waals surface area contributed by atoms with Crippen LogP contribution >= 0.6 is 15.9 Å². The highest BCUT2D eigenvalue weighted by Crippen LogP contribution is 2.33. The molecule has 1 atom stereocenters. The van der Waals surface area contributed by atoms with Gasteiger partial charge in [0.25, 0.3) is 5.91 Å². The molecular formula is C25H19BrF3N3O3. The number of benzene rings is 2. The van der Waals surface area contributed by atoms with Crippen LogP contribution in [0, 0.1) is 0 Å². The molecule has 180 valence electrons. The Balaban J connectivity index is 1.69. The Hall–Kier alpha value is -3.66. The van der Waals surface area contributed by atoms with E-state index in [-0.39, 0.29) is 17.8 Å². The lowest BCUT2D eigenvalue weighted by Gasteiger charge is -2.17. The number of pyridine rings is 1. The number of amides is 1. The normalized spacial score (nSPS) is 12.5. The summed E-state index contributed by atoms with van der Waals surface area (Å²) in [6, 6.07) is 14.1. The first kappa shape index (κ1) is 24.5. The largest absolute Gasteiger partial charge is 0.478 e. The van der Waals surface area contributed by atoms with Crippen molar-refractivity contribution in [2.24, 2.45) is 0 Å². The molecule has 35 heavy (non-hydrogen) atoms. The number of carbonyl (C=O) groups excluding carboxylic acids is 1. The van der Waals surface area contributed by atoms with Gasteiger partial charge in [-0.3, -0.25) is 4.79 Å². The summed E-state index contributed by atoms with van der Waals surface area (Å²) in [5.74, 6) is -1.51. The number of aromatic nitrogens is 2. The third-order valence-electron chi connectivity index (χ3n) is 5.57. The molecule has 4 aromatic rings. The predicted molar refractivity (Wildman–Crippen MR) is 127 cm³/mol. The average molecular weight is 546 g/mol. The molecule has 2 heterocycles. The molecule has 0 saturated heterocycles. The summed E-state index contributed by atoms with van der Waals surface area (Å²) in [5.41, 5.74) is 1.06. The summed E-state index contributed by atoms with van der Waals surface area (Å²) < 4.78 is 41.7. The van der Waals surface area contributed by atoms with E-state index in [1.807, 2.05) is 0 Å². The van der Waals surface area contributed by atoms with Crippen LogP contribution in [0.3, 0.4) is 0 Å². The molecule has 2 aromatic heterocycles. The number of halogens is 4. The fraction of sp³-hybridized carbons (Fsp3) is 0.160. The molecule has 0 bridgehead atoms. The molecule has 1 amide bonds. The molecule has 6 nitrogen and oxygen atoms in total. The van der Waals surface area contributed by atoms with Gasteiger partial charge in [-0.25, -0.2) is 9.78 Å². The Morgan fingerprint density at radius 1 is 1.11 bits per heavy atom. The third-order valence-corrected chi connectivity index (χ3v) is 6.37. The Bertz CT molecular complexity index is 1420. The van der Waals surface area contributed by atoms with E-state index in [1.54, 1.807) is 48.0 Å². The smallest absolute Gasteiger partial charge is 0.416 e. The minimum Gasteiger partial charge on any atom is -0.478 e. The van der Waals surface area contributed by atoms with Gasteiger partial charge < -0.3 is 15.0 Å². The summed E-state index contributed by atoms with van der Waals surface area (Å²) in [4.78, 5) is 28.8. The first-order valence-electron chi connectivity index (χ1n) is 10.5. The number of carboxylic acids is 1. The van der Waals surface area contributed by atoms with Crippen molar-refractivity contribution in [2.75, 3.05) is 0 Å². The Morgan fingerprint density at radius 2 is 1.83 bits per heavy atom. The van der Waals surface area contributed by atoms with Crippen molar-refractivity contribution >= 4 is 38.8 Å². The zero-order valence-corrected chi connectivity index (χ0v) is 19.9. The Morgan fingerprint density at radius 3 is 2.49 bits per heavy atom. The molecule has 0 spiro atoms. The van der Waals surface area contributed by atoms with Gasteiger partial charge in [-0.1, -0.05) is 24.3 Å². The zero-order chi connectivity index (χ0) is 25.3. The predicted octanol–water partition coefficient (Wildman–Crippen LogP) is 6.06. The molecule has 2 N–H and O–H groups in total. The molecule has 4 rings (SSSR count). The number of hydrogen-bond donors (Lipinski definition) is 2. The third kappa shape index (κ3) is 5.07. The summed E-state index contributed by atoms with van der Waals surface area (Å²) >= 11 is 3.47. The number of alkyl halides is 3. The van der Waals surface area contributed by atoms with Gasteiger partial charge in [-0.15, -0.1) is 0 Å². The molecule has 0 aliphatic heterocycles. The van der Waals surface area contributed by atoms with Crippen molar-refractivity contribution in [2.45, 2.75) is 25.7 Å². The number of carbonyl (C=O) groups is 2. The monoisotopic (exact) mass is 545 g/mol. The lowest BCUT2D eigenvalue weighted by atomic mass is 10.1. The van der Waals surface area contributed by atoms with Crippen molar-refractivity contribution in [3.05, 3.63) is 99.3 Å². The quantitative estimate of drug-likeness (QED) is 0.308. The second kappa shape index (κ2) is 9.53. The SMILES string of the molecule is C[C@H](NC(=O)c1c(Br)c2cccnc2n1Cc1cccc(C(F)(F)F)c1)c1ccc(C(=O)O)cc1. The van der Waals surface area contributed by atoms with Crippen LogP contribution in [0.5, 0.6) is 0 Å². The van der Waals surface area contributed by atoms with Crippen molar-refractivity contribution in [3.63, 3.8) is 0 Å². The van der Waals surface area contributed by atoms with Gasteiger partial charge in [0, 0.05) is 18.1 Å². The van der Waals surface area contributed by atoms with Crippen LogP contribution < -0.4 is 5.32 Å². The molecule has 0 radical (unpaired) electrons. The first-order valence-corrected chi connectivity index (χ1v) is 11.3. The summed E-state index contributed by atoms with van der Waals surface area (Å²) in [7, 11) is 0. The standard InChI is InChI=1S/C25H19BrF3N3O3/c1-14(16-7-9-17(10-8-16)24(34)35)31-23(33)21-20(26)19-6-3-11-30-22(19)32(21)13-15-4-2-5-18(12-15)25(27,28)29/h2-12,14H,13H2,1H3,(H,31,33)(H,34,35)/t14-/m0/s1. The topological polar surface area (TPSA) is 84.2 Å². The van der Waals surface area contributed by atoms with Crippen LogP contribution in [0.1, 0.15) is 50.5 Å². The Labute approximate surface area is 206 Å². The van der Waals surface area contributed by atoms with Crippen LogP contribution in [-0.2, 0) is 12.7 Å².